The van der Waals surface area contributed by atoms with Crippen molar-refractivity contribution in [1.82, 2.24) is 31.3 Å². The number of carbonyl (C=O) groups excluding carboxylic acids is 5. The summed E-state index contributed by atoms with van der Waals surface area (Å²) < 4.78 is 35.6. The Morgan fingerprint density at radius 2 is 1.62 bits per heavy atom. The lowest BCUT2D eigenvalue weighted by Crippen LogP contribution is -2.55. The number of nitrogens with one attached hydrogen (secondary N) is 6. The number of azide groups is 1. The van der Waals surface area contributed by atoms with E-state index >= 15 is 0 Å². The lowest BCUT2D eigenvalue weighted by atomic mass is 9.94. The first kappa shape index (κ1) is 48.4. The SMILES string of the molecule is C#CCNC(=O)[C@H](CC(=O)O)NC(=O)CNC(=O)[C@H](CCCN=C(N)NS(=O)(=O)c1c(C)c(C)c2c(c1C)CC(C)(C)O2)NC(=O)[C@H](CCSC)NC(=O)CN=[N+]=[N-]. The molecule has 21 nitrogen and oxygen atoms in total. The average Bonchev–Trinajstić information content (AvgIpc) is 3.48. The number of amides is 5. The number of carboxylic acid groups (broad SMARTS) is 1. The van der Waals surface area contributed by atoms with Gasteiger partial charge in [-0.3, -0.25) is 33.8 Å². The molecule has 3 atom stereocenters. The van der Waals surface area contributed by atoms with Crippen molar-refractivity contribution in [3.8, 4) is 18.1 Å². The minimum Gasteiger partial charge on any atom is -0.487 e. The molecule has 1 aliphatic heterocycles. The minimum absolute atomic E-state index is 0.0458. The van der Waals surface area contributed by atoms with E-state index in [0.717, 1.165) is 5.56 Å². The fraction of sp³-hybridized carbons (Fsp3) is 0.571. The molecule has 23 heteroatoms. The summed E-state index contributed by atoms with van der Waals surface area (Å²) in [6, 6.07) is -4.02. The zero-order valence-corrected chi connectivity index (χ0v) is 34.8. The van der Waals surface area contributed by atoms with Gasteiger partial charge in [0.1, 0.15) is 36.0 Å². The van der Waals surface area contributed by atoms with Crippen LogP contribution in [-0.2, 0) is 45.2 Å². The number of guanidine groups is 1. The molecule has 2 rings (SSSR count). The molecule has 9 N–H and O–H groups in total. The van der Waals surface area contributed by atoms with Crippen LogP contribution in [0.5, 0.6) is 5.75 Å². The van der Waals surface area contributed by atoms with Crippen molar-refractivity contribution in [3.63, 3.8) is 0 Å². The van der Waals surface area contributed by atoms with Gasteiger partial charge in [0.25, 0.3) is 10.0 Å². The number of ether oxygens (including phenoxy) is 1. The van der Waals surface area contributed by atoms with Gasteiger partial charge in [0.15, 0.2) is 0 Å². The molecule has 0 saturated heterocycles. The van der Waals surface area contributed by atoms with Crippen LogP contribution in [0.3, 0.4) is 0 Å². The van der Waals surface area contributed by atoms with Gasteiger partial charge in [-0.25, -0.2) is 13.1 Å². The molecule has 0 aliphatic carbocycles. The van der Waals surface area contributed by atoms with Crippen molar-refractivity contribution in [1.29, 1.82) is 0 Å². The number of carbonyl (C=O) groups is 6. The zero-order chi connectivity index (χ0) is 43.8. The molecule has 0 unspecified atom stereocenters. The predicted molar refractivity (Wildman–Crippen MR) is 215 cm³/mol. The van der Waals surface area contributed by atoms with Crippen LogP contribution in [0.15, 0.2) is 15.0 Å². The van der Waals surface area contributed by atoms with E-state index < -0.39 is 94.7 Å². The molecule has 318 valence electrons. The average molecular weight is 850 g/mol. The minimum atomic E-state index is -4.21. The molecular weight excluding hydrogens is 799 g/mol. The van der Waals surface area contributed by atoms with Crippen molar-refractivity contribution < 1.29 is 47.0 Å². The number of carboxylic acids is 1. The monoisotopic (exact) mass is 849 g/mol. The number of thioether (sulfide) groups is 1. The van der Waals surface area contributed by atoms with Crippen molar-refractivity contribution in [2.45, 2.75) is 95.3 Å². The molecule has 0 bridgehead atoms. The second-order valence-electron chi connectivity index (χ2n) is 13.8. The first-order chi connectivity index (χ1) is 27.2. The zero-order valence-electron chi connectivity index (χ0n) is 33.2. The number of fused-ring (bicyclic) bond motifs is 1. The molecular formula is C35H51N11O10S2. The van der Waals surface area contributed by atoms with E-state index in [9.17, 15) is 42.3 Å². The molecule has 0 aromatic heterocycles. The fourth-order valence-electron chi connectivity index (χ4n) is 5.93. The van der Waals surface area contributed by atoms with Crippen LogP contribution < -0.4 is 41.8 Å². The third-order valence-electron chi connectivity index (χ3n) is 8.72. The van der Waals surface area contributed by atoms with E-state index in [1.165, 1.54) is 11.8 Å². The van der Waals surface area contributed by atoms with Crippen LogP contribution >= 0.6 is 11.8 Å². The number of rotatable bonds is 22. The molecule has 58 heavy (non-hydrogen) atoms. The molecule has 0 spiro atoms. The number of benzene rings is 1. The normalized spacial score (nSPS) is 14.5. The summed E-state index contributed by atoms with van der Waals surface area (Å²) in [4.78, 5) is 82.1. The maximum atomic E-state index is 13.6. The molecule has 0 fully saturated rings. The number of nitrogens with zero attached hydrogens (tertiary/aromatic N) is 4. The molecule has 1 aliphatic rings. The molecule has 0 radical (unpaired) electrons. The van der Waals surface area contributed by atoms with E-state index in [2.05, 4.69) is 52.2 Å². The largest absolute Gasteiger partial charge is 0.487 e. The van der Waals surface area contributed by atoms with Crippen LogP contribution in [0.25, 0.3) is 10.4 Å². The summed E-state index contributed by atoms with van der Waals surface area (Å²) in [6.45, 7) is 7.31. The summed E-state index contributed by atoms with van der Waals surface area (Å²) >= 11 is 1.38. The molecule has 1 aromatic carbocycles. The predicted octanol–water partition coefficient (Wildman–Crippen LogP) is -0.443. The Balaban J connectivity index is 2.25. The smallest absolute Gasteiger partial charge is 0.305 e. The van der Waals surface area contributed by atoms with Gasteiger partial charge in [-0.1, -0.05) is 11.0 Å². The fourth-order valence-corrected chi connectivity index (χ4v) is 7.92. The Morgan fingerprint density at radius 3 is 2.24 bits per heavy atom. The highest BCUT2D eigenvalue weighted by atomic mass is 32.2. The van der Waals surface area contributed by atoms with Crippen molar-refractivity contribution in [3.05, 3.63) is 32.7 Å². The third-order valence-corrected chi connectivity index (χ3v) is 11.0. The number of nitrogens with two attached hydrogens (primary N) is 1. The highest BCUT2D eigenvalue weighted by Crippen LogP contribution is 2.43. The van der Waals surface area contributed by atoms with E-state index in [0.29, 0.717) is 34.6 Å². The molecule has 1 aromatic rings. The number of sulfonamides is 1. The van der Waals surface area contributed by atoms with Crippen molar-refractivity contribution >= 4 is 63.2 Å². The summed E-state index contributed by atoms with van der Waals surface area (Å²) in [6.07, 6.45) is 6.67. The van der Waals surface area contributed by atoms with Gasteiger partial charge in [-0.15, -0.1) is 6.42 Å². The van der Waals surface area contributed by atoms with Gasteiger partial charge in [-0.2, -0.15) is 11.8 Å². The van der Waals surface area contributed by atoms with E-state index in [1.54, 1.807) is 27.0 Å². The van der Waals surface area contributed by atoms with Crippen LogP contribution in [-0.4, -0.2) is 117 Å². The Morgan fingerprint density at radius 1 is 0.983 bits per heavy atom. The van der Waals surface area contributed by atoms with Gasteiger partial charge in [0.2, 0.25) is 35.5 Å². The molecule has 0 saturated carbocycles. The number of hydrogen-bond acceptors (Lipinski definition) is 12. The van der Waals surface area contributed by atoms with E-state index in [-0.39, 0.29) is 37.2 Å². The second kappa shape index (κ2) is 22.3. The van der Waals surface area contributed by atoms with Gasteiger partial charge in [-0.05, 0) is 88.1 Å². The number of terminal acetylenes is 1. The lowest BCUT2D eigenvalue weighted by molar-refractivity contribution is -0.140. The quantitative estimate of drug-likeness (QED) is 0.0140. The lowest BCUT2D eigenvalue weighted by Gasteiger charge is -2.23. The Labute approximate surface area is 340 Å². The topological polar surface area (TPSA) is 325 Å². The van der Waals surface area contributed by atoms with Gasteiger partial charge < -0.3 is 42.2 Å². The van der Waals surface area contributed by atoms with Gasteiger partial charge in [0.05, 0.1) is 24.4 Å². The standard InChI is InChI=1S/C35H51N11O10S2/c1-8-12-38-32(52)25(15-28(49)50)43-26(47)17-40-31(51)23(44-33(53)24(11-14-57-7)42-27(48)18-41-46-37)10-9-13-39-34(36)45-58(54,55)30-20(3)19(2)29-22(21(30)4)16-35(5,6)56-29/h1,23-25H,9-18H2,2-7H3,(H,38,52)(H,40,51)(H,42,48)(H,43,47)(H,44,53)(H,49,50)(H3,36,39,45)/t23-,24-,25-/m0/s1. The number of hydrogen-bond donors (Lipinski definition) is 8. The van der Waals surface area contributed by atoms with Gasteiger partial charge in [0, 0.05) is 23.4 Å². The van der Waals surface area contributed by atoms with Crippen LogP contribution in [0.1, 0.15) is 61.8 Å². The highest BCUT2D eigenvalue weighted by Gasteiger charge is 2.37. The van der Waals surface area contributed by atoms with Crippen LogP contribution in [0, 0.1) is 33.1 Å². The maximum absolute atomic E-state index is 13.6. The summed E-state index contributed by atoms with van der Waals surface area (Å²) in [7, 11) is -4.21. The summed E-state index contributed by atoms with van der Waals surface area (Å²) in [5.74, 6) is -2.80. The molecule has 5 amide bonds. The Bertz CT molecular complexity index is 1980. The third kappa shape index (κ3) is 14.7. The maximum Gasteiger partial charge on any atom is 0.305 e. The number of aliphatic carboxylic acids is 1. The highest BCUT2D eigenvalue weighted by molar-refractivity contribution is 7.98. The summed E-state index contributed by atoms with van der Waals surface area (Å²) in [5.41, 5.74) is 16.5. The van der Waals surface area contributed by atoms with E-state index in [1.807, 2.05) is 13.8 Å². The number of aliphatic imine (C=N–C) groups is 1. The first-order valence-electron chi connectivity index (χ1n) is 17.9. The molecule has 1 heterocycles. The Kier molecular flexibility index (Phi) is 18.6. The second-order valence-corrected chi connectivity index (χ2v) is 16.4. The summed E-state index contributed by atoms with van der Waals surface area (Å²) in [5, 5.41) is 24.2. The van der Waals surface area contributed by atoms with Crippen molar-refractivity contribution in [2.75, 3.05) is 38.2 Å². The first-order valence-corrected chi connectivity index (χ1v) is 20.8. The van der Waals surface area contributed by atoms with Crippen LogP contribution in [0.4, 0.5) is 0 Å². The van der Waals surface area contributed by atoms with E-state index in [4.69, 9.17) is 22.4 Å². The Hall–Kier alpha value is -5.72. The van der Waals surface area contributed by atoms with Crippen LogP contribution in [0.2, 0.25) is 0 Å². The van der Waals surface area contributed by atoms with Crippen molar-refractivity contribution in [2.24, 2.45) is 15.8 Å². The van der Waals surface area contributed by atoms with Gasteiger partial charge >= 0.3 is 5.97 Å².